The molecule has 4 heteroatoms. The maximum atomic E-state index is 8.72. The number of nitrogens with two attached hydrogens (primary N) is 1. The van der Waals surface area contributed by atoms with Gasteiger partial charge in [0.1, 0.15) is 11.6 Å². The zero-order valence-electron chi connectivity index (χ0n) is 13.1. The Labute approximate surface area is 121 Å². The molecule has 112 valence electrons. The topological polar surface area (TPSA) is 67.8 Å². The first kappa shape index (κ1) is 16.3. The van der Waals surface area contributed by atoms with Gasteiger partial charge in [-0.25, -0.2) is 0 Å². The maximum Gasteiger partial charge on any atom is 0.144 e. The molecule has 0 amide bonds. The van der Waals surface area contributed by atoms with E-state index in [2.05, 4.69) is 38.1 Å². The quantitative estimate of drug-likeness (QED) is 0.375. The molecule has 0 heterocycles. The molecule has 0 aliphatic rings. The molecule has 0 aromatic heterocycles. The van der Waals surface area contributed by atoms with Gasteiger partial charge in [-0.15, -0.1) is 0 Å². The molecular formula is C16H26N2O2. The normalized spacial score (nSPS) is 13.3. The van der Waals surface area contributed by atoms with E-state index >= 15 is 0 Å². The van der Waals surface area contributed by atoms with Crippen LogP contribution in [-0.4, -0.2) is 17.6 Å². The second-order valence-electron chi connectivity index (χ2n) is 6.74. The highest BCUT2D eigenvalue weighted by atomic mass is 16.5. The van der Waals surface area contributed by atoms with E-state index in [-0.39, 0.29) is 16.7 Å². The van der Waals surface area contributed by atoms with Crippen LogP contribution in [0.4, 0.5) is 0 Å². The van der Waals surface area contributed by atoms with Crippen molar-refractivity contribution < 1.29 is 9.94 Å². The Kier molecular flexibility index (Phi) is 5.03. The molecule has 0 atom stereocenters. The van der Waals surface area contributed by atoms with Crippen LogP contribution in [0.3, 0.4) is 0 Å². The summed E-state index contributed by atoms with van der Waals surface area (Å²) in [5, 5.41) is 11.8. The van der Waals surface area contributed by atoms with Crippen molar-refractivity contribution in [1.82, 2.24) is 0 Å². The summed E-state index contributed by atoms with van der Waals surface area (Å²) in [6.07, 6.45) is 0.684. The van der Waals surface area contributed by atoms with Gasteiger partial charge in [-0.3, -0.25) is 0 Å². The first-order valence-corrected chi connectivity index (χ1v) is 6.88. The molecule has 0 saturated heterocycles. The minimum Gasteiger partial charge on any atom is -0.494 e. The highest BCUT2D eigenvalue weighted by Crippen LogP contribution is 2.25. The van der Waals surface area contributed by atoms with Crippen LogP contribution in [0.5, 0.6) is 5.75 Å². The van der Waals surface area contributed by atoms with E-state index in [1.807, 2.05) is 26.0 Å². The molecule has 0 aliphatic heterocycles. The number of amidine groups is 1. The largest absolute Gasteiger partial charge is 0.494 e. The Bertz CT molecular complexity index is 456. The van der Waals surface area contributed by atoms with Gasteiger partial charge in [0.25, 0.3) is 0 Å². The molecule has 0 spiro atoms. The van der Waals surface area contributed by atoms with Crippen molar-refractivity contribution >= 4 is 5.84 Å². The van der Waals surface area contributed by atoms with Crippen LogP contribution >= 0.6 is 0 Å². The van der Waals surface area contributed by atoms with Gasteiger partial charge in [-0.2, -0.15) is 0 Å². The minimum atomic E-state index is -0.375. The van der Waals surface area contributed by atoms with E-state index in [0.29, 0.717) is 13.0 Å². The fourth-order valence-electron chi connectivity index (χ4n) is 1.74. The summed E-state index contributed by atoms with van der Waals surface area (Å²) in [6.45, 7) is 10.9. The summed E-state index contributed by atoms with van der Waals surface area (Å²) >= 11 is 0. The van der Waals surface area contributed by atoms with Gasteiger partial charge in [-0.1, -0.05) is 51.9 Å². The second kappa shape index (κ2) is 6.16. The number of hydrogen-bond acceptors (Lipinski definition) is 3. The van der Waals surface area contributed by atoms with Gasteiger partial charge in [0.15, 0.2) is 0 Å². The number of rotatable bonds is 5. The van der Waals surface area contributed by atoms with E-state index < -0.39 is 0 Å². The molecule has 1 aromatic carbocycles. The number of oxime groups is 1. The number of nitrogens with zero attached hydrogens (tertiary/aromatic N) is 1. The zero-order valence-corrected chi connectivity index (χ0v) is 13.1. The second-order valence-corrected chi connectivity index (χ2v) is 6.74. The van der Waals surface area contributed by atoms with Crippen LogP contribution in [-0.2, 0) is 5.41 Å². The SMILES string of the molecule is CC(C)(CCOc1ccc(C(C)(C)C)cc1)C(N)=NO. The van der Waals surface area contributed by atoms with Crippen molar-refractivity contribution in [2.45, 2.75) is 46.5 Å². The van der Waals surface area contributed by atoms with E-state index in [9.17, 15) is 0 Å². The predicted molar refractivity (Wildman–Crippen MR) is 82.4 cm³/mol. The van der Waals surface area contributed by atoms with Gasteiger partial charge in [0.05, 0.1) is 6.61 Å². The lowest BCUT2D eigenvalue weighted by molar-refractivity contribution is 0.259. The van der Waals surface area contributed by atoms with Gasteiger partial charge in [0.2, 0.25) is 0 Å². The van der Waals surface area contributed by atoms with Gasteiger partial charge in [-0.05, 0) is 29.5 Å². The standard InChI is InChI=1S/C16H26N2O2/c1-15(2,3)12-6-8-13(9-7-12)20-11-10-16(4,5)14(17)18-19/h6-9,19H,10-11H2,1-5H3,(H2,17,18). The summed E-state index contributed by atoms with van der Waals surface area (Å²) in [4.78, 5) is 0. The molecule has 1 aromatic rings. The highest BCUT2D eigenvalue weighted by Gasteiger charge is 2.23. The zero-order chi connectivity index (χ0) is 15.4. The molecule has 0 aliphatic carbocycles. The van der Waals surface area contributed by atoms with E-state index in [4.69, 9.17) is 15.7 Å². The molecule has 20 heavy (non-hydrogen) atoms. The Morgan fingerprint density at radius 3 is 2.15 bits per heavy atom. The Morgan fingerprint density at radius 2 is 1.70 bits per heavy atom. The summed E-state index contributed by atoms with van der Waals surface area (Å²) < 4.78 is 5.71. The summed E-state index contributed by atoms with van der Waals surface area (Å²) in [5.41, 5.74) is 6.69. The van der Waals surface area contributed by atoms with Crippen molar-refractivity contribution in [3.8, 4) is 5.75 Å². The van der Waals surface area contributed by atoms with Crippen molar-refractivity contribution in [2.24, 2.45) is 16.3 Å². The molecule has 1 rings (SSSR count). The number of benzene rings is 1. The molecule has 0 bridgehead atoms. The molecule has 0 radical (unpaired) electrons. The molecule has 0 fully saturated rings. The maximum absolute atomic E-state index is 8.72. The minimum absolute atomic E-state index is 0.145. The van der Waals surface area contributed by atoms with Crippen molar-refractivity contribution in [1.29, 1.82) is 0 Å². The summed E-state index contributed by atoms with van der Waals surface area (Å²) in [6, 6.07) is 8.14. The monoisotopic (exact) mass is 278 g/mol. The lowest BCUT2D eigenvalue weighted by Gasteiger charge is -2.23. The van der Waals surface area contributed by atoms with Crippen LogP contribution in [0, 0.1) is 5.41 Å². The van der Waals surface area contributed by atoms with Crippen molar-refractivity contribution in [2.75, 3.05) is 6.61 Å². The average molecular weight is 278 g/mol. The molecule has 4 nitrogen and oxygen atoms in total. The molecule has 0 unspecified atom stereocenters. The first-order chi connectivity index (χ1) is 9.16. The van der Waals surface area contributed by atoms with E-state index in [1.54, 1.807) is 0 Å². The summed E-state index contributed by atoms with van der Waals surface area (Å²) in [7, 11) is 0. The third-order valence-corrected chi connectivity index (χ3v) is 3.52. The van der Waals surface area contributed by atoms with Crippen molar-refractivity contribution in [3.63, 3.8) is 0 Å². The Hall–Kier alpha value is -1.71. The van der Waals surface area contributed by atoms with Crippen LogP contribution in [0.25, 0.3) is 0 Å². The Morgan fingerprint density at radius 1 is 1.15 bits per heavy atom. The number of hydrogen-bond donors (Lipinski definition) is 2. The van der Waals surface area contributed by atoms with Gasteiger partial charge >= 0.3 is 0 Å². The third kappa shape index (κ3) is 4.44. The third-order valence-electron chi connectivity index (χ3n) is 3.52. The van der Waals surface area contributed by atoms with Crippen LogP contribution in [0.1, 0.15) is 46.6 Å². The molecule has 0 saturated carbocycles. The Balaban J connectivity index is 2.55. The van der Waals surface area contributed by atoms with Crippen LogP contribution in [0.15, 0.2) is 29.4 Å². The van der Waals surface area contributed by atoms with E-state index in [1.165, 1.54) is 5.56 Å². The fraction of sp³-hybridized carbons (Fsp3) is 0.562. The molecule has 3 N–H and O–H groups in total. The van der Waals surface area contributed by atoms with Crippen LogP contribution < -0.4 is 10.5 Å². The van der Waals surface area contributed by atoms with Gasteiger partial charge in [0, 0.05) is 5.41 Å². The van der Waals surface area contributed by atoms with Gasteiger partial charge < -0.3 is 15.7 Å². The van der Waals surface area contributed by atoms with E-state index in [0.717, 1.165) is 5.75 Å². The lowest BCUT2D eigenvalue weighted by Crippen LogP contribution is -2.33. The van der Waals surface area contributed by atoms with Crippen LogP contribution in [0.2, 0.25) is 0 Å². The average Bonchev–Trinajstić information content (AvgIpc) is 2.37. The smallest absolute Gasteiger partial charge is 0.144 e. The fourth-order valence-corrected chi connectivity index (χ4v) is 1.74. The number of ether oxygens (including phenoxy) is 1. The highest BCUT2D eigenvalue weighted by molar-refractivity contribution is 5.85. The predicted octanol–water partition coefficient (Wildman–Crippen LogP) is 3.53. The first-order valence-electron chi connectivity index (χ1n) is 6.88. The lowest BCUT2D eigenvalue weighted by atomic mass is 9.87. The molecular weight excluding hydrogens is 252 g/mol. The summed E-state index contributed by atoms with van der Waals surface area (Å²) in [5.74, 6) is 1.07. The van der Waals surface area contributed by atoms with Crippen molar-refractivity contribution in [3.05, 3.63) is 29.8 Å².